The van der Waals surface area contributed by atoms with E-state index < -0.39 is 35.2 Å². The molecule has 2 aliphatic rings. The van der Waals surface area contributed by atoms with Crippen LogP contribution in [0.2, 0.25) is 0 Å². The molecule has 0 saturated carbocycles. The number of aromatic nitrogens is 1. The van der Waals surface area contributed by atoms with Crippen LogP contribution in [0, 0.1) is 28.9 Å². The lowest BCUT2D eigenvalue weighted by Gasteiger charge is -2.45. The predicted molar refractivity (Wildman–Crippen MR) is 136 cm³/mol. The Balaban J connectivity index is 1.42. The van der Waals surface area contributed by atoms with E-state index >= 15 is 0 Å². The van der Waals surface area contributed by atoms with E-state index in [1.54, 1.807) is 17.0 Å². The number of anilines is 1. The lowest BCUT2D eigenvalue weighted by Crippen LogP contribution is -2.57. The number of ether oxygens (including phenoxy) is 1. The molecule has 0 unspecified atom stereocenters. The fourth-order valence-electron chi connectivity index (χ4n) is 5.67. The zero-order valence-electron chi connectivity index (χ0n) is 20.9. The van der Waals surface area contributed by atoms with Crippen LogP contribution in [0.25, 0.3) is 0 Å². The molecule has 196 valence electrons. The number of hydrogen-bond acceptors (Lipinski definition) is 6. The van der Waals surface area contributed by atoms with E-state index in [9.17, 15) is 18.7 Å². The molecule has 1 amide bonds. The van der Waals surface area contributed by atoms with E-state index in [1.807, 2.05) is 41.3 Å². The van der Waals surface area contributed by atoms with Gasteiger partial charge in [-0.25, -0.2) is 13.8 Å². The molecule has 4 atom stereocenters. The second-order valence-corrected chi connectivity index (χ2v) is 9.85. The van der Waals surface area contributed by atoms with E-state index in [1.165, 1.54) is 25.4 Å². The summed E-state index contributed by atoms with van der Waals surface area (Å²) in [6.45, 7) is 1.04. The molecule has 1 N–H and O–H groups in total. The fraction of sp³-hybridized carbons (Fsp3) is 0.345. The number of aliphatic hydroxyl groups is 1. The predicted octanol–water partition coefficient (Wildman–Crippen LogP) is 3.59. The number of rotatable bonds is 5. The third-order valence-electron chi connectivity index (χ3n) is 7.75. The second kappa shape index (κ2) is 10.5. The van der Waals surface area contributed by atoms with E-state index in [0.717, 1.165) is 11.6 Å². The number of nitrogens with zero attached hydrogens (tertiary/aromatic N) is 4. The smallest absolute Gasteiger partial charge is 0.228 e. The highest BCUT2D eigenvalue weighted by Crippen LogP contribution is 2.40. The van der Waals surface area contributed by atoms with Gasteiger partial charge in [0.2, 0.25) is 5.91 Å². The number of piperidine rings is 1. The molecule has 5 rings (SSSR count). The molecule has 0 spiro atoms. The van der Waals surface area contributed by atoms with Crippen LogP contribution in [-0.2, 0) is 15.1 Å². The first kappa shape index (κ1) is 25.8. The summed E-state index contributed by atoms with van der Waals surface area (Å²) in [5.74, 6) is -2.18. The summed E-state index contributed by atoms with van der Waals surface area (Å²) in [7, 11) is 1.51. The van der Waals surface area contributed by atoms with Crippen LogP contribution >= 0.6 is 0 Å². The summed E-state index contributed by atoms with van der Waals surface area (Å²) in [5.41, 5.74) is 0.154. The molecule has 3 heterocycles. The number of hydrogen-bond donors (Lipinski definition) is 1. The molecule has 1 aromatic heterocycles. The van der Waals surface area contributed by atoms with E-state index in [4.69, 9.17) is 10.00 Å². The Bertz CT molecular complexity index is 1350. The monoisotopic (exact) mass is 518 g/mol. The van der Waals surface area contributed by atoms with Crippen molar-refractivity contribution in [3.05, 3.63) is 95.2 Å². The number of carbonyl (C=O) groups excluding carboxylic acids is 1. The summed E-state index contributed by atoms with van der Waals surface area (Å²) in [5, 5.41) is 20.6. The third kappa shape index (κ3) is 4.73. The number of nitriles is 1. The first-order valence-electron chi connectivity index (χ1n) is 12.5. The number of carbonyl (C=O) groups is 1. The van der Waals surface area contributed by atoms with Gasteiger partial charge in [0.15, 0.2) is 0 Å². The number of methoxy groups -OCH3 is 1. The third-order valence-corrected chi connectivity index (χ3v) is 7.75. The van der Waals surface area contributed by atoms with Crippen molar-refractivity contribution in [2.24, 2.45) is 5.92 Å². The molecule has 7 nitrogen and oxygen atoms in total. The standard InChI is InChI=1S/C29H28F2N4O3/c1-38-26-18-34(12-11-29(26,37)20-5-3-2-4-6-20)28(36)24-17-35(27-10-7-19(14-32)15-33-27)16-23(24)22-9-8-21(30)13-25(22)31/h2-10,13,15,23-24,26,37H,11-12,16-18H2,1H3/t23-,24+,26-,29-/m0/s1. The SMILES string of the molecule is CO[C@H]1CN(C(=O)[C@@H]2CN(c3ccc(C#N)cn3)C[C@H]2c2ccc(F)cc2F)CC[C@]1(O)c1ccccc1. The summed E-state index contributed by atoms with van der Waals surface area (Å²) in [6, 6.07) is 18.1. The zero-order valence-corrected chi connectivity index (χ0v) is 20.9. The topological polar surface area (TPSA) is 89.7 Å². The van der Waals surface area contributed by atoms with Gasteiger partial charge in [-0.3, -0.25) is 4.79 Å². The summed E-state index contributed by atoms with van der Waals surface area (Å²) in [4.78, 5) is 21.9. The summed E-state index contributed by atoms with van der Waals surface area (Å²) in [6.07, 6.45) is 1.09. The Morgan fingerprint density at radius 3 is 2.58 bits per heavy atom. The largest absolute Gasteiger partial charge is 0.382 e. The van der Waals surface area contributed by atoms with Gasteiger partial charge in [0.25, 0.3) is 0 Å². The molecular formula is C29H28F2N4O3. The minimum atomic E-state index is -1.25. The molecule has 2 aromatic carbocycles. The van der Waals surface area contributed by atoms with E-state index in [2.05, 4.69) is 4.98 Å². The van der Waals surface area contributed by atoms with Crippen LogP contribution in [0.15, 0.2) is 66.9 Å². The van der Waals surface area contributed by atoms with Crippen molar-refractivity contribution >= 4 is 11.7 Å². The number of benzene rings is 2. The maximum absolute atomic E-state index is 14.9. The Morgan fingerprint density at radius 2 is 1.92 bits per heavy atom. The summed E-state index contributed by atoms with van der Waals surface area (Å²) >= 11 is 0. The Labute approximate surface area is 219 Å². The van der Waals surface area contributed by atoms with Crippen molar-refractivity contribution < 1.29 is 23.4 Å². The van der Waals surface area contributed by atoms with Gasteiger partial charge in [0, 0.05) is 57.9 Å². The lowest BCUT2D eigenvalue weighted by molar-refractivity contribution is -0.160. The van der Waals surface area contributed by atoms with Crippen molar-refractivity contribution in [2.45, 2.75) is 24.0 Å². The molecule has 9 heteroatoms. The fourth-order valence-corrected chi connectivity index (χ4v) is 5.67. The van der Waals surface area contributed by atoms with Gasteiger partial charge >= 0.3 is 0 Å². The average molecular weight is 519 g/mol. The second-order valence-electron chi connectivity index (χ2n) is 9.85. The molecule has 2 aliphatic heterocycles. The normalized spacial score (nSPS) is 25.3. The van der Waals surface area contributed by atoms with Gasteiger partial charge in [-0.05, 0) is 29.3 Å². The van der Waals surface area contributed by atoms with Crippen molar-refractivity contribution in [3.8, 4) is 6.07 Å². The molecular weight excluding hydrogens is 490 g/mol. The van der Waals surface area contributed by atoms with Gasteiger partial charge in [-0.15, -0.1) is 0 Å². The quantitative estimate of drug-likeness (QED) is 0.556. The lowest BCUT2D eigenvalue weighted by atomic mass is 9.81. The van der Waals surface area contributed by atoms with Crippen LogP contribution in [-0.4, -0.2) is 60.3 Å². The number of likely N-dealkylation sites (tertiary alicyclic amines) is 1. The van der Waals surface area contributed by atoms with Gasteiger partial charge < -0.3 is 19.6 Å². The average Bonchev–Trinajstić information content (AvgIpc) is 3.38. The molecule has 2 fully saturated rings. The summed E-state index contributed by atoms with van der Waals surface area (Å²) < 4.78 is 34.3. The maximum atomic E-state index is 14.9. The molecule has 38 heavy (non-hydrogen) atoms. The molecule has 0 aliphatic carbocycles. The van der Waals surface area contributed by atoms with Crippen LogP contribution in [0.4, 0.5) is 14.6 Å². The molecule has 0 radical (unpaired) electrons. The highest BCUT2D eigenvalue weighted by Gasteiger charge is 2.48. The first-order valence-corrected chi connectivity index (χ1v) is 12.5. The van der Waals surface area contributed by atoms with Crippen LogP contribution in [0.3, 0.4) is 0 Å². The van der Waals surface area contributed by atoms with Crippen molar-refractivity contribution in [1.82, 2.24) is 9.88 Å². The highest BCUT2D eigenvalue weighted by atomic mass is 19.1. The molecule has 3 aromatic rings. The van der Waals surface area contributed by atoms with E-state index in [0.29, 0.717) is 24.5 Å². The zero-order chi connectivity index (χ0) is 26.9. The van der Waals surface area contributed by atoms with Gasteiger partial charge in [-0.1, -0.05) is 36.4 Å². The number of amides is 1. The van der Waals surface area contributed by atoms with Gasteiger partial charge in [-0.2, -0.15) is 5.26 Å². The minimum Gasteiger partial charge on any atom is -0.382 e. The van der Waals surface area contributed by atoms with Crippen molar-refractivity contribution in [3.63, 3.8) is 0 Å². The van der Waals surface area contributed by atoms with Gasteiger partial charge in [0.05, 0.1) is 11.5 Å². The Morgan fingerprint density at radius 1 is 1.13 bits per heavy atom. The first-order chi connectivity index (χ1) is 18.3. The van der Waals surface area contributed by atoms with E-state index in [-0.39, 0.29) is 31.0 Å². The van der Waals surface area contributed by atoms with Crippen LogP contribution < -0.4 is 4.90 Å². The van der Waals surface area contributed by atoms with Gasteiger partial charge in [0.1, 0.15) is 35.2 Å². The van der Waals surface area contributed by atoms with Crippen molar-refractivity contribution in [2.75, 3.05) is 38.2 Å². The van der Waals surface area contributed by atoms with Crippen molar-refractivity contribution in [1.29, 1.82) is 5.26 Å². The number of halogens is 2. The Hall–Kier alpha value is -3.87. The highest BCUT2D eigenvalue weighted by molar-refractivity contribution is 5.82. The molecule has 0 bridgehead atoms. The maximum Gasteiger partial charge on any atom is 0.228 e. The molecule has 2 saturated heterocycles. The van der Waals surface area contributed by atoms with Crippen LogP contribution in [0.5, 0.6) is 0 Å². The number of pyridine rings is 1. The minimum absolute atomic E-state index is 0.172. The van der Waals surface area contributed by atoms with Crippen LogP contribution in [0.1, 0.15) is 29.0 Å². The Kier molecular flexibility index (Phi) is 7.11.